The van der Waals surface area contributed by atoms with Crippen LogP contribution in [0.1, 0.15) is 31.9 Å². The Bertz CT molecular complexity index is 585. The molecule has 19 heavy (non-hydrogen) atoms. The molecule has 0 fully saturated rings. The van der Waals surface area contributed by atoms with Crippen molar-refractivity contribution >= 4 is 10.8 Å². The summed E-state index contributed by atoms with van der Waals surface area (Å²) in [5, 5.41) is 12.0. The quantitative estimate of drug-likeness (QED) is 0.811. The van der Waals surface area contributed by atoms with Crippen LogP contribution in [0.4, 0.5) is 0 Å². The van der Waals surface area contributed by atoms with Crippen LogP contribution in [0.25, 0.3) is 10.8 Å². The molecule has 1 atom stereocenters. The molecule has 2 aromatic rings. The molecule has 0 aliphatic carbocycles. The third-order valence-corrected chi connectivity index (χ3v) is 3.14. The van der Waals surface area contributed by atoms with E-state index < -0.39 is 6.10 Å². The van der Waals surface area contributed by atoms with Gasteiger partial charge in [-0.05, 0) is 19.2 Å². The first-order chi connectivity index (χ1) is 9.09. The van der Waals surface area contributed by atoms with Crippen molar-refractivity contribution in [3.8, 4) is 5.75 Å². The number of benzene rings is 2. The maximum atomic E-state index is 9.87. The average molecular weight is 256 g/mol. The lowest BCUT2D eigenvalue weighted by atomic mass is 10.0. The smallest absolute Gasteiger partial charge is 0.132 e. The molecular formula is C17H20O2. The largest absolute Gasteiger partial charge is 0.492 e. The topological polar surface area (TPSA) is 29.5 Å². The summed E-state index contributed by atoms with van der Waals surface area (Å²) in [6, 6.07) is 12.0. The lowest BCUT2D eigenvalue weighted by Crippen LogP contribution is -2.03. The van der Waals surface area contributed by atoms with Gasteiger partial charge < -0.3 is 9.84 Å². The van der Waals surface area contributed by atoms with Gasteiger partial charge in [-0.25, -0.2) is 0 Å². The van der Waals surface area contributed by atoms with Crippen molar-refractivity contribution in [2.75, 3.05) is 6.61 Å². The molecule has 0 spiro atoms. The van der Waals surface area contributed by atoms with E-state index in [9.17, 15) is 5.11 Å². The fourth-order valence-corrected chi connectivity index (χ4v) is 2.08. The van der Waals surface area contributed by atoms with Gasteiger partial charge >= 0.3 is 0 Å². The van der Waals surface area contributed by atoms with E-state index in [1.165, 1.54) is 0 Å². The van der Waals surface area contributed by atoms with Crippen LogP contribution in [0.5, 0.6) is 5.75 Å². The van der Waals surface area contributed by atoms with Gasteiger partial charge in [-0.15, -0.1) is 6.58 Å². The third kappa shape index (κ3) is 3.15. The number of aliphatic hydroxyl groups is 1. The van der Waals surface area contributed by atoms with Gasteiger partial charge in [-0.1, -0.05) is 42.0 Å². The van der Waals surface area contributed by atoms with E-state index in [4.69, 9.17) is 4.74 Å². The normalized spacial score (nSPS) is 12.4. The van der Waals surface area contributed by atoms with Crippen LogP contribution in [-0.4, -0.2) is 11.7 Å². The first kappa shape index (κ1) is 13.6. The van der Waals surface area contributed by atoms with Crippen molar-refractivity contribution in [2.24, 2.45) is 0 Å². The van der Waals surface area contributed by atoms with Crippen LogP contribution in [-0.2, 0) is 0 Å². The Labute approximate surface area is 114 Å². The van der Waals surface area contributed by atoms with Gasteiger partial charge in [0, 0.05) is 17.4 Å². The highest BCUT2D eigenvalue weighted by Crippen LogP contribution is 2.33. The minimum atomic E-state index is -0.538. The van der Waals surface area contributed by atoms with Crippen LogP contribution in [0.2, 0.25) is 0 Å². The molecule has 2 heteroatoms. The monoisotopic (exact) mass is 256 g/mol. The van der Waals surface area contributed by atoms with Gasteiger partial charge in [0.2, 0.25) is 0 Å². The lowest BCUT2D eigenvalue weighted by molar-refractivity contribution is 0.192. The Morgan fingerprint density at radius 1 is 1.26 bits per heavy atom. The second kappa shape index (κ2) is 5.89. The van der Waals surface area contributed by atoms with E-state index >= 15 is 0 Å². The zero-order chi connectivity index (χ0) is 13.8. The molecule has 0 unspecified atom stereocenters. The minimum absolute atomic E-state index is 0.538. The minimum Gasteiger partial charge on any atom is -0.492 e. The molecule has 0 amide bonds. The fourth-order valence-electron chi connectivity index (χ4n) is 2.08. The Balaban J connectivity index is 2.40. The standard InChI is InChI=1S/C17H20O2/c1-12(2)10-11-19-17-15(13(3)18)9-8-14-6-4-5-7-16(14)17/h4-9,13,18H,1,10-11H2,2-3H3/t13-/m1/s1. The molecule has 0 aliphatic heterocycles. The van der Waals surface area contributed by atoms with Crippen molar-refractivity contribution in [1.82, 2.24) is 0 Å². The van der Waals surface area contributed by atoms with Crippen molar-refractivity contribution < 1.29 is 9.84 Å². The van der Waals surface area contributed by atoms with Crippen molar-refractivity contribution in [2.45, 2.75) is 26.4 Å². The molecule has 0 saturated carbocycles. The van der Waals surface area contributed by atoms with E-state index in [0.717, 1.165) is 34.1 Å². The predicted molar refractivity (Wildman–Crippen MR) is 79.5 cm³/mol. The molecule has 0 bridgehead atoms. The molecule has 0 heterocycles. The maximum Gasteiger partial charge on any atom is 0.132 e. The summed E-state index contributed by atoms with van der Waals surface area (Å²) in [5.74, 6) is 0.786. The van der Waals surface area contributed by atoms with Gasteiger partial charge in [0.25, 0.3) is 0 Å². The second-order valence-electron chi connectivity index (χ2n) is 4.94. The molecule has 0 saturated heterocycles. The molecule has 0 aromatic heterocycles. The highest BCUT2D eigenvalue weighted by atomic mass is 16.5. The van der Waals surface area contributed by atoms with Crippen molar-refractivity contribution in [3.05, 3.63) is 54.1 Å². The number of ether oxygens (including phenoxy) is 1. The summed E-state index contributed by atoms with van der Waals surface area (Å²) in [6.45, 7) is 8.21. The Hall–Kier alpha value is -1.80. The van der Waals surface area contributed by atoms with E-state index in [0.29, 0.717) is 6.61 Å². The highest BCUT2D eigenvalue weighted by Gasteiger charge is 2.12. The van der Waals surface area contributed by atoms with Crippen LogP contribution in [0.15, 0.2) is 48.6 Å². The van der Waals surface area contributed by atoms with E-state index in [1.807, 2.05) is 43.3 Å². The fraction of sp³-hybridized carbons (Fsp3) is 0.294. The molecule has 2 rings (SSSR count). The summed E-state index contributed by atoms with van der Waals surface area (Å²) in [4.78, 5) is 0. The summed E-state index contributed by atoms with van der Waals surface area (Å²) < 4.78 is 5.90. The Morgan fingerprint density at radius 2 is 2.00 bits per heavy atom. The third-order valence-electron chi connectivity index (χ3n) is 3.14. The van der Waals surface area contributed by atoms with E-state index in [-0.39, 0.29) is 0 Å². The zero-order valence-electron chi connectivity index (χ0n) is 11.5. The van der Waals surface area contributed by atoms with Gasteiger partial charge in [-0.2, -0.15) is 0 Å². The van der Waals surface area contributed by atoms with Crippen molar-refractivity contribution in [3.63, 3.8) is 0 Å². The second-order valence-corrected chi connectivity index (χ2v) is 4.94. The Kier molecular flexibility index (Phi) is 4.23. The molecular weight excluding hydrogens is 236 g/mol. The van der Waals surface area contributed by atoms with Gasteiger partial charge in [0.1, 0.15) is 5.75 Å². The molecule has 2 nitrogen and oxygen atoms in total. The molecule has 0 aliphatic rings. The average Bonchev–Trinajstić information content (AvgIpc) is 2.38. The number of fused-ring (bicyclic) bond motifs is 1. The molecule has 0 radical (unpaired) electrons. The van der Waals surface area contributed by atoms with Gasteiger partial charge in [0.05, 0.1) is 12.7 Å². The zero-order valence-corrected chi connectivity index (χ0v) is 11.5. The van der Waals surface area contributed by atoms with Crippen LogP contribution in [0.3, 0.4) is 0 Å². The van der Waals surface area contributed by atoms with Gasteiger partial charge in [-0.3, -0.25) is 0 Å². The van der Waals surface area contributed by atoms with E-state index in [1.54, 1.807) is 6.92 Å². The van der Waals surface area contributed by atoms with Crippen molar-refractivity contribution in [1.29, 1.82) is 0 Å². The summed E-state index contributed by atoms with van der Waals surface area (Å²) in [7, 11) is 0. The molecule has 1 N–H and O–H groups in total. The van der Waals surface area contributed by atoms with Crippen LogP contribution in [0, 0.1) is 0 Å². The number of hydrogen-bond acceptors (Lipinski definition) is 2. The summed E-state index contributed by atoms with van der Waals surface area (Å²) in [5.41, 5.74) is 1.93. The first-order valence-corrected chi connectivity index (χ1v) is 6.56. The molecule has 2 aromatic carbocycles. The number of aliphatic hydroxyl groups excluding tert-OH is 1. The number of rotatable bonds is 5. The summed E-state index contributed by atoms with van der Waals surface area (Å²) >= 11 is 0. The van der Waals surface area contributed by atoms with Crippen LogP contribution >= 0.6 is 0 Å². The highest BCUT2D eigenvalue weighted by molar-refractivity contribution is 5.89. The number of hydrogen-bond donors (Lipinski definition) is 1. The molecule has 100 valence electrons. The van der Waals surface area contributed by atoms with Gasteiger partial charge in [0.15, 0.2) is 0 Å². The first-order valence-electron chi connectivity index (χ1n) is 6.56. The lowest BCUT2D eigenvalue weighted by Gasteiger charge is -2.16. The van der Waals surface area contributed by atoms with Crippen LogP contribution < -0.4 is 4.74 Å². The maximum absolute atomic E-state index is 9.87. The summed E-state index contributed by atoms with van der Waals surface area (Å²) in [6.07, 6.45) is 0.284. The SMILES string of the molecule is C=C(C)CCOc1c([C@@H](C)O)ccc2ccccc12. The van der Waals surface area contributed by atoms with E-state index in [2.05, 4.69) is 6.58 Å². The Morgan fingerprint density at radius 3 is 2.68 bits per heavy atom. The predicted octanol–water partition coefficient (Wildman–Crippen LogP) is 4.24.